The van der Waals surface area contributed by atoms with E-state index in [2.05, 4.69) is 243 Å². The van der Waals surface area contributed by atoms with Crippen molar-refractivity contribution in [2.75, 3.05) is 4.90 Å². The van der Waals surface area contributed by atoms with E-state index >= 15 is 0 Å². The molecule has 11 aromatic rings. The van der Waals surface area contributed by atoms with Crippen LogP contribution in [-0.4, -0.2) is 0 Å². The minimum Gasteiger partial charge on any atom is -0.309 e. The Morgan fingerprint density at radius 2 is 0.857 bits per heavy atom. The second-order valence-electron chi connectivity index (χ2n) is 17.3. The molecule has 0 spiro atoms. The van der Waals surface area contributed by atoms with Crippen LogP contribution in [0.15, 0.2) is 224 Å². The van der Waals surface area contributed by atoms with E-state index in [1.165, 1.54) is 103 Å². The van der Waals surface area contributed by atoms with E-state index in [-0.39, 0.29) is 5.41 Å². The van der Waals surface area contributed by atoms with Crippen LogP contribution in [0.2, 0.25) is 0 Å². The molecule has 0 aliphatic heterocycles. The van der Waals surface area contributed by atoms with Crippen molar-refractivity contribution >= 4 is 59.3 Å². The zero-order valence-corrected chi connectivity index (χ0v) is 36.0. The van der Waals surface area contributed by atoms with Gasteiger partial charge >= 0.3 is 0 Å². The molecule has 1 heterocycles. The van der Waals surface area contributed by atoms with E-state index in [1.54, 1.807) is 0 Å². The summed E-state index contributed by atoms with van der Waals surface area (Å²) in [4.78, 5) is 2.43. The van der Waals surface area contributed by atoms with E-state index < -0.39 is 0 Å². The maximum atomic E-state index is 2.43. The number of hydrogen-bond donors (Lipinski definition) is 0. The van der Waals surface area contributed by atoms with Crippen molar-refractivity contribution in [3.05, 3.63) is 236 Å². The maximum Gasteiger partial charge on any atom is 0.0640 e. The summed E-state index contributed by atoms with van der Waals surface area (Å²) in [6, 6.07) is 82.8. The molecule has 0 unspecified atom stereocenters. The Kier molecular flexibility index (Phi) is 8.77. The molecule has 2 heteroatoms. The van der Waals surface area contributed by atoms with Gasteiger partial charge in [0, 0.05) is 32.3 Å². The molecule has 298 valence electrons. The average Bonchev–Trinajstić information content (AvgIpc) is 3.84. The van der Waals surface area contributed by atoms with Gasteiger partial charge in [0.2, 0.25) is 0 Å². The quantitative estimate of drug-likeness (QED) is 0.155. The summed E-state index contributed by atoms with van der Waals surface area (Å²) in [5.41, 5.74) is 18.6. The standard InChI is InChI=1S/C61H43NS/c1-61(2)56-18-7-5-15-52(56)53-36-31-49(39-57(53)61)44-29-34-51(35-30-44)62(58-19-10-17-55-54-16-6-8-20-59(54)63-60(55)58)50-32-27-42(28-33-50)41-21-23-43(24-22-41)46-13-9-14-47(37-46)48-26-25-40-11-3-4-12-45(40)38-48/h3-39H,1-2H3. The Labute approximate surface area is 372 Å². The zero-order chi connectivity index (χ0) is 42.1. The lowest BCUT2D eigenvalue weighted by Gasteiger charge is -2.26. The van der Waals surface area contributed by atoms with Gasteiger partial charge in [-0.3, -0.25) is 0 Å². The fourth-order valence-electron chi connectivity index (χ4n) is 9.93. The molecule has 1 aliphatic carbocycles. The average molecular weight is 822 g/mol. The van der Waals surface area contributed by atoms with Gasteiger partial charge in [0.15, 0.2) is 0 Å². The highest BCUT2D eigenvalue weighted by Crippen LogP contribution is 2.50. The predicted octanol–water partition coefficient (Wildman–Crippen LogP) is 17.7. The summed E-state index contributed by atoms with van der Waals surface area (Å²) in [6.45, 7) is 4.70. The molecule has 0 saturated carbocycles. The second-order valence-corrected chi connectivity index (χ2v) is 18.4. The lowest BCUT2D eigenvalue weighted by atomic mass is 9.81. The SMILES string of the molecule is CC1(C)c2ccccc2-c2ccc(-c3ccc(N(c4ccc(-c5ccc(-c6cccc(-c7ccc8ccccc8c7)c6)cc5)cc4)c4cccc5c4sc4ccccc45)cc3)cc21. The van der Waals surface area contributed by atoms with Gasteiger partial charge in [0.1, 0.15) is 0 Å². The summed E-state index contributed by atoms with van der Waals surface area (Å²) < 4.78 is 2.59. The monoisotopic (exact) mass is 821 g/mol. The van der Waals surface area contributed by atoms with Crippen LogP contribution in [0.4, 0.5) is 17.1 Å². The highest BCUT2D eigenvalue weighted by molar-refractivity contribution is 7.26. The molecule has 0 fully saturated rings. The van der Waals surface area contributed by atoms with Gasteiger partial charge in [-0.2, -0.15) is 0 Å². The molecular weight excluding hydrogens is 779 g/mol. The van der Waals surface area contributed by atoms with Gasteiger partial charge in [-0.05, 0) is 132 Å². The first-order valence-electron chi connectivity index (χ1n) is 21.8. The number of fused-ring (bicyclic) bond motifs is 7. The smallest absolute Gasteiger partial charge is 0.0640 e. The van der Waals surface area contributed by atoms with Crippen LogP contribution in [0.1, 0.15) is 25.0 Å². The minimum atomic E-state index is -0.0410. The van der Waals surface area contributed by atoms with Gasteiger partial charge in [-0.15, -0.1) is 11.3 Å². The normalized spacial score (nSPS) is 12.7. The lowest BCUT2D eigenvalue weighted by Crippen LogP contribution is -2.14. The number of rotatable bonds is 7. The van der Waals surface area contributed by atoms with Crippen molar-refractivity contribution in [2.45, 2.75) is 19.3 Å². The largest absolute Gasteiger partial charge is 0.309 e. The third kappa shape index (κ3) is 6.37. The van der Waals surface area contributed by atoms with E-state index in [0.717, 1.165) is 11.4 Å². The van der Waals surface area contributed by atoms with Gasteiger partial charge < -0.3 is 4.90 Å². The number of benzene rings is 10. The molecule has 1 nitrogen and oxygen atoms in total. The Bertz CT molecular complexity index is 3520. The van der Waals surface area contributed by atoms with Gasteiger partial charge in [-0.1, -0.05) is 184 Å². The van der Waals surface area contributed by atoms with E-state index in [0.29, 0.717) is 0 Å². The molecule has 0 N–H and O–H groups in total. The number of thiophene rings is 1. The summed E-state index contributed by atoms with van der Waals surface area (Å²) in [6.07, 6.45) is 0. The fraction of sp³-hybridized carbons (Fsp3) is 0.0492. The molecule has 0 bridgehead atoms. The molecular formula is C61H43NS. The zero-order valence-electron chi connectivity index (χ0n) is 35.2. The van der Waals surface area contributed by atoms with Crippen LogP contribution in [0, 0.1) is 0 Å². The first-order chi connectivity index (χ1) is 31.0. The topological polar surface area (TPSA) is 3.24 Å². The Balaban J connectivity index is 0.877. The van der Waals surface area contributed by atoms with Crippen molar-refractivity contribution in [1.82, 2.24) is 0 Å². The predicted molar refractivity (Wildman–Crippen MR) is 271 cm³/mol. The number of hydrogen-bond acceptors (Lipinski definition) is 2. The van der Waals surface area contributed by atoms with Crippen molar-refractivity contribution in [1.29, 1.82) is 0 Å². The summed E-state index contributed by atoms with van der Waals surface area (Å²) in [5, 5.41) is 5.11. The Morgan fingerprint density at radius 3 is 1.60 bits per heavy atom. The highest BCUT2D eigenvalue weighted by atomic mass is 32.1. The van der Waals surface area contributed by atoms with Crippen molar-refractivity contribution in [3.8, 4) is 55.6 Å². The lowest BCUT2D eigenvalue weighted by molar-refractivity contribution is 0.660. The van der Waals surface area contributed by atoms with E-state index in [1.807, 2.05) is 11.3 Å². The Hall–Kier alpha value is -7.52. The molecule has 63 heavy (non-hydrogen) atoms. The van der Waals surface area contributed by atoms with Crippen molar-refractivity contribution in [2.24, 2.45) is 0 Å². The molecule has 0 radical (unpaired) electrons. The van der Waals surface area contributed by atoms with Gasteiger partial charge in [0.25, 0.3) is 0 Å². The van der Waals surface area contributed by atoms with Crippen LogP contribution in [0.25, 0.3) is 86.6 Å². The van der Waals surface area contributed by atoms with E-state index in [9.17, 15) is 0 Å². The minimum absolute atomic E-state index is 0.0410. The molecule has 0 saturated heterocycles. The van der Waals surface area contributed by atoms with Crippen molar-refractivity contribution in [3.63, 3.8) is 0 Å². The maximum absolute atomic E-state index is 2.43. The van der Waals surface area contributed by atoms with Crippen LogP contribution >= 0.6 is 11.3 Å². The molecule has 0 atom stereocenters. The number of anilines is 3. The van der Waals surface area contributed by atoms with Crippen molar-refractivity contribution < 1.29 is 0 Å². The van der Waals surface area contributed by atoms with Crippen LogP contribution < -0.4 is 4.90 Å². The second kappa shape index (κ2) is 14.8. The first-order valence-corrected chi connectivity index (χ1v) is 22.6. The molecule has 1 aromatic heterocycles. The molecule has 10 aromatic carbocycles. The summed E-state index contributed by atoms with van der Waals surface area (Å²) >= 11 is 1.87. The molecule has 12 rings (SSSR count). The fourth-order valence-corrected chi connectivity index (χ4v) is 11.1. The Morgan fingerprint density at radius 1 is 0.349 bits per heavy atom. The summed E-state index contributed by atoms with van der Waals surface area (Å²) in [5.74, 6) is 0. The molecule has 0 amide bonds. The van der Waals surface area contributed by atoms with Crippen LogP contribution in [0.5, 0.6) is 0 Å². The first kappa shape index (κ1) is 37.3. The summed E-state index contributed by atoms with van der Waals surface area (Å²) in [7, 11) is 0. The molecule has 1 aliphatic rings. The van der Waals surface area contributed by atoms with Crippen LogP contribution in [0.3, 0.4) is 0 Å². The van der Waals surface area contributed by atoms with Gasteiger partial charge in [0.05, 0.1) is 10.4 Å². The van der Waals surface area contributed by atoms with Crippen LogP contribution in [-0.2, 0) is 5.41 Å². The van der Waals surface area contributed by atoms with Gasteiger partial charge in [-0.25, -0.2) is 0 Å². The highest BCUT2D eigenvalue weighted by Gasteiger charge is 2.35. The number of nitrogens with zero attached hydrogens (tertiary/aromatic N) is 1. The van der Waals surface area contributed by atoms with E-state index in [4.69, 9.17) is 0 Å². The third-order valence-electron chi connectivity index (χ3n) is 13.3. The third-order valence-corrected chi connectivity index (χ3v) is 14.5.